The first-order valence-corrected chi connectivity index (χ1v) is 9.91. The first-order chi connectivity index (χ1) is 7.74. The van der Waals surface area contributed by atoms with Crippen LogP contribution < -0.4 is 0 Å². The molecule has 1 rings (SSSR count). The van der Waals surface area contributed by atoms with Crippen LogP contribution in [0.25, 0.3) is 0 Å². The highest BCUT2D eigenvalue weighted by atomic mass is 127. The minimum Gasteiger partial charge on any atom is -0.0860 e. The summed E-state index contributed by atoms with van der Waals surface area (Å²) >= 11 is 5.30. The van der Waals surface area contributed by atoms with Gasteiger partial charge in [0.05, 0.1) is 0 Å². The van der Waals surface area contributed by atoms with Gasteiger partial charge in [-0.25, -0.2) is 0 Å². The van der Waals surface area contributed by atoms with Crippen LogP contribution in [0.2, 0.25) is 0 Å². The van der Waals surface area contributed by atoms with Crippen molar-refractivity contribution in [3.63, 3.8) is 0 Å². The third-order valence-corrected chi connectivity index (χ3v) is 6.91. The van der Waals surface area contributed by atoms with Gasteiger partial charge in [-0.3, -0.25) is 0 Å². The fraction of sp³-hybridized carbons (Fsp3) is 1.00. The van der Waals surface area contributed by atoms with E-state index in [1.54, 1.807) is 0 Å². The van der Waals surface area contributed by atoms with Gasteiger partial charge in [-0.2, -0.15) is 0 Å². The van der Waals surface area contributed by atoms with Gasteiger partial charge in [0.2, 0.25) is 0 Å². The molecule has 0 saturated heterocycles. The van der Waals surface area contributed by atoms with Crippen LogP contribution in [0.15, 0.2) is 0 Å². The maximum absolute atomic E-state index is 2.66. The van der Waals surface area contributed by atoms with Gasteiger partial charge in [-0.1, -0.05) is 91.1 Å². The standard InChI is InChI=1S/C14H26I2/c1-3-6-12-7-5-9-14(11-16,8-4-2)13(12)10-15/h12-13H,3-11H2,1-2H3/t12?,13-,14-/m0/s1. The Labute approximate surface area is 129 Å². The lowest BCUT2D eigenvalue weighted by Crippen LogP contribution is -2.41. The van der Waals surface area contributed by atoms with Crippen molar-refractivity contribution in [3.05, 3.63) is 0 Å². The fourth-order valence-electron chi connectivity index (χ4n) is 3.65. The van der Waals surface area contributed by atoms with E-state index < -0.39 is 0 Å². The average molecular weight is 448 g/mol. The van der Waals surface area contributed by atoms with Crippen LogP contribution in [-0.2, 0) is 0 Å². The zero-order chi connectivity index (χ0) is 12.0. The maximum atomic E-state index is 2.66. The lowest BCUT2D eigenvalue weighted by Gasteiger charge is -2.47. The maximum Gasteiger partial charge on any atom is 0.00550 e. The van der Waals surface area contributed by atoms with E-state index in [0.717, 1.165) is 11.8 Å². The Morgan fingerprint density at radius 3 is 2.44 bits per heavy atom. The highest BCUT2D eigenvalue weighted by Crippen LogP contribution is 2.50. The number of hydrogen-bond donors (Lipinski definition) is 0. The van der Waals surface area contributed by atoms with E-state index in [1.165, 1.54) is 53.8 Å². The Morgan fingerprint density at radius 2 is 1.94 bits per heavy atom. The van der Waals surface area contributed by atoms with Gasteiger partial charge < -0.3 is 0 Å². The quantitative estimate of drug-likeness (QED) is 0.353. The SMILES string of the molecule is CCCC1CCC[C@](CI)(CCC)[C@H]1CI. The zero-order valence-corrected chi connectivity index (χ0v) is 15.1. The van der Waals surface area contributed by atoms with E-state index in [-0.39, 0.29) is 0 Å². The van der Waals surface area contributed by atoms with Gasteiger partial charge in [0.1, 0.15) is 0 Å². The van der Waals surface area contributed by atoms with Crippen LogP contribution in [0.3, 0.4) is 0 Å². The predicted molar refractivity (Wildman–Crippen MR) is 90.9 cm³/mol. The van der Waals surface area contributed by atoms with Gasteiger partial charge in [-0.15, -0.1) is 0 Å². The molecule has 0 bridgehead atoms. The van der Waals surface area contributed by atoms with Crippen molar-refractivity contribution in [1.29, 1.82) is 0 Å². The molecule has 0 heterocycles. The van der Waals surface area contributed by atoms with E-state index >= 15 is 0 Å². The van der Waals surface area contributed by atoms with E-state index in [9.17, 15) is 0 Å². The lowest BCUT2D eigenvalue weighted by atomic mass is 9.61. The molecule has 0 radical (unpaired) electrons. The van der Waals surface area contributed by atoms with Crippen molar-refractivity contribution in [2.24, 2.45) is 17.3 Å². The number of halogens is 2. The first-order valence-electron chi connectivity index (χ1n) is 6.86. The Hall–Kier alpha value is 1.46. The Bertz CT molecular complexity index is 187. The van der Waals surface area contributed by atoms with E-state index in [1.807, 2.05) is 0 Å². The second-order valence-electron chi connectivity index (χ2n) is 5.45. The van der Waals surface area contributed by atoms with E-state index in [0.29, 0.717) is 5.41 Å². The van der Waals surface area contributed by atoms with Crippen molar-refractivity contribution in [1.82, 2.24) is 0 Å². The number of rotatable bonds is 6. The summed E-state index contributed by atoms with van der Waals surface area (Å²) in [5.41, 5.74) is 0.689. The second-order valence-corrected chi connectivity index (χ2v) is 7.09. The summed E-state index contributed by atoms with van der Waals surface area (Å²) in [4.78, 5) is 0. The summed E-state index contributed by atoms with van der Waals surface area (Å²) in [5.74, 6) is 2.02. The Balaban J connectivity index is 2.79. The van der Waals surface area contributed by atoms with Crippen molar-refractivity contribution in [2.75, 3.05) is 8.86 Å². The molecule has 16 heavy (non-hydrogen) atoms. The number of hydrogen-bond acceptors (Lipinski definition) is 0. The summed E-state index contributed by atoms with van der Waals surface area (Å²) in [5, 5.41) is 0. The highest BCUT2D eigenvalue weighted by molar-refractivity contribution is 14.1. The summed E-state index contributed by atoms with van der Waals surface area (Å²) in [6.07, 6.45) is 10.2. The van der Waals surface area contributed by atoms with E-state index in [2.05, 4.69) is 59.0 Å². The lowest BCUT2D eigenvalue weighted by molar-refractivity contribution is 0.0697. The zero-order valence-electron chi connectivity index (χ0n) is 10.8. The van der Waals surface area contributed by atoms with Crippen molar-refractivity contribution < 1.29 is 0 Å². The molecule has 96 valence electrons. The van der Waals surface area contributed by atoms with Crippen LogP contribution in [-0.4, -0.2) is 8.86 Å². The minimum atomic E-state index is 0.689. The molecule has 0 N–H and O–H groups in total. The molecule has 3 atom stereocenters. The van der Waals surface area contributed by atoms with Crippen LogP contribution in [0.5, 0.6) is 0 Å². The van der Waals surface area contributed by atoms with Crippen molar-refractivity contribution in [2.45, 2.75) is 58.8 Å². The molecule has 0 amide bonds. The summed E-state index contributed by atoms with van der Waals surface area (Å²) in [7, 11) is 0. The molecule has 1 unspecified atom stereocenters. The third kappa shape index (κ3) is 3.48. The van der Waals surface area contributed by atoms with Gasteiger partial charge in [0.25, 0.3) is 0 Å². The molecule has 2 heteroatoms. The minimum absolute atomic E-state index is 0.689. The van der Waals surface area contributed by atoms with Crippen molar-refractivity contribution in [3.8, 4) is 0 Å². The van der Waals surface area contributed by atoms with Crippen LogP contribution in [0.1, 0.15) is 58.8 Å². The third-order valence-electron chi connectivity index (χ3n) is 4.44. The highest BCUT2D eigenvalue weighted by Gasteiger charge is 2.42. The average Bonchev–Trinajstić information content (AvgIpc) is 2.30. The van der Waals surface area contributed by atoms with E-state index in [4.69, 9.17) is 0 Å². The Morgan fingerprint density at radius 1 is 1.19 bits per heavy atom. The molecule has 1 aliphatic carbocycles. The molecule has 0 aromatic rings. The van der Waals surface area contributed by atoms with Gasteiger partial charge in [0, 0.05) is 8.86 Å². The predicted octanol–water partition coefficient (Wildman–Crippen LogP) is 5.86. The summed E-state index contributed by atoms with van der Waals surface area (Å²) in [6.45, 7) is 4.71. The topological polar surface area (TPSA) is 0 Å². The van der Waals surface area contributed by atoms with Gasteiger partial charge in [0.15, 0.2) is 0 Å². The monoisotopic (exact) mass is 448 g/mol. The molecule has 0 aliphatic heterocycles. The van der Waals surface area contributed by atoms with Gasteiger partial charge >= 0.3 is 0 Å². The van der Waals surface area contributed by atoms with Crippen LogP contribution in [0.4, 0.5) is 0 Å². The summed E-state index contributed by atoms with van der Waals surface area (Å²) in [6, 6.07) is 0. The van der Waals surface area contributed by atoms with Crippen LogP contribution in [0, 0.1) is 17.3 Å². The Kier molecular flexibility index (Phi) is 7.56. The molecule has 1 fully saturated rings. The normalized spacial score (nSPS) is 35.2. The second kappa shape index (κ2) is 7.80. The molecule has 0 nitrogen and oxygen atoms in total. The van der Waals surface area contributed by atoms with Gasteiger partial charge in [-0.05, 0) is 30.1 Å². The first kappa shape index (κ1) is 15.5. The molecule has 1 saturated carbocycles. The van der Waals surface area contributed by atoms with Crippen LogP contribution >= 0.6 is 45.2 Å². The van der Waals surface area contributed by atoms with Crippen molar-refractivity contribution >= 4 is 45.2 Å². The smallest absolute Gasteiger partial charge is 0.00550 e. The summed E-state index contributed by atoms with van der Waals surface area (Å²) < 4.78 is 2.76. The molecule has 0 spiro atoms. The largest absolute Gasteiger partial charge is 0.0860 e. The molecule has 1 aliphatic rings. The molecular formula is C14H26I2. The molecule has 0 aromatic carbocycles. The number of alkyl halides is 2. The fourth-order valence-corrected chi connectivity index (χ4v) is 6.63. The molecular weight excluding hydrogens is 422 g/mol. The molecule has 0 aromatic heterocycles.